The molecule has 3 nitrogen and oxygen atoms in total. The second-order valence-corrected chi connectivity index (χ2v) is 7.12. The average Bonchev–Trinajstić information content (AvgIpc) is 2.61. The Kier molecular flexibility index (Phi) is 3.51. The van der Waals surface area contributed by atoms with Crippen LogP contribution in [0.4, 0.5) is 4.39 Å². The number of pyridine rings is 1. The lowest BCUT2D eigenvalue weighted by Crippen LogP contribution is -2.41. The predicted molar refractivity (Wildman–Crippen MR) is 87.2 cm³/mol. The highest BCUT2D eigenvalue weighted by Gasteiger charge is 2.51. The van der Waals surface area contributed by atoms with Gasteiger partial charge < -0.3 is 9.31 Å². The van der Waals surface area contributed by atoms with Crippen molar-refractivity contribution in [3.8, 4) is 0 Å². The Morgan fingerprint density at radius 1 is 1.09 bits per heavy atom. The van der Waals surface area contributed by atoms with Crippen molar-refractivity contribution in [3.63, 3.8) is 0 Å². The number of benzene rings is 1. The minimum Gasteiger partial charge on any atom is -0.399 e. The van der Waals surface area contributed by atoms with Gasteiger partial charge in [-0.3, -0.25) is 4.98 Å². The van der Waals surface area contributed by atoms with E-state index < -0.39 is 18.3 Å². The number of hydrogen-bond donors (Lipinski definition) is 0. The zero-order chi connectivity index (χ0) is 16.3. The lowest BCUT2D eigenvalue weighted by molar-refractivity contribution is 0.00578. The molecule has 0 amide bonds. The summed E-state index contributed by atoms with van der Waals surface area (Å²) in [6.07, 6.45) is 0. The maximum atomic E-state index is 14.4. The molecule has 6 heteroatoms. The molecule has 0 N–H and O–H groups in total. The van der Waals surface area contributed by atoms with Gasteiger partial charge in [-0.25, -0.2) is 4.39 Å². The highest BCUT2D eigenvalue weighted by atomic mass is 35.5. The lowest BCUT2D eigenvalue weighted by Gasteiger charge is -2.32. The molecule has 0 unspecified atom stereocenters. The van der Waals surface area contributed by atoms with Crippen molar-refractivity contribution >= 4 is 35.1 Å². The minimum absolute atomic E-state index is 0.378. The van der Waals surface area contributed by atoms with Gasteiger partial charge in [0.1, 0.15) is 5.82 Å². The normalized spacial score (nSPS) is 19.9. The molecule has 0 bridgehead atoms. The number of nitrogens with zero attached hydrogens (tertiary/aromatic N) is 1. The Labute approximate surface area is 134 Å². The van der Waals surface area contributed by atoms with E-state index in [2.05, 4.69) is 4.98 Å². The third kappa shape index (κ3) is 2.41. The van der Waals surface area contributed by atoms with Gasteiger partial charge in [-0.15, -0.1) is 0 Å². The fraction of sp³-hybridized carbons (Fsp3) is 0.438. The standard InChI is InChI=1S/C16H18BClFNO2/c1-9-12(18)8-11-13(19)6-10(7-14(11)20-9)17-21-15(2,3)16(4,5)22-17/h6-8H,1-5H3. The van der Waals surface area contributed by atoms with Crippen molar-refractivity contribution in [2.45, 2.75) is 45.8 Å². The van der Waals surface area contributed by atoms with Crippen LogP contribution in [0.25, 0.3) is 10.9 Å². The molecule has 1 saturated heterocycles. The van der Waals surface area contributed by atoms with Gasteiger partial charge >= 0.3 is 7.12 Å². The highest BCUT2D eigenvalue weighted by molar-refractivity contribution is 6.62. The predicted octanol–water partition coefficient (Wildman–Crippen LogP) is 3.63. The van der Waals surface area contributed by atoms with Gasteiger partial charge in [0, 0.05) is 5.39 Å². The van der Waals surface area contributed by atoms with E-state index in [1.807, 2.05) is 27.7 Å². The molecular formula is C16H18BClFNO2. The molecule has 1 aromatic carbocycles. The maximum Gasteiger partial charge on any atom is 0.495 e. The summed E-state index contributed by atoms with van der Waals surface area (Å²) in [5.41, 5.74) is 0.905. The summed E-state index contributed by atoms with van der Waals surface area (Å²) in [5, 5.41) is 0.852. The quantitative estimate of drug-likeness (QED) is 0.752. The SMILES string of the molecule is Cc1nc2cc(B3OC(C)(C)C(C)(C)O3)cc(F)c2cc1Cl. The van der Waals surface area contributed by atoms with Crippen LogP contribution in [0.5, 0.6) is 0 Å². The summed E-state index contributed by atoms with van der Waals surface area (Å²) in [6.45, 7) is 9.65. The van der Waals surface area contributed by atoms with Crippen LogP contribution in [-0.4, -0.2) is 23.3 Å². The third-order valence-electron chi connectivity index (χ3n) is 4.56. The largest absolute Gasteiger partial charge is 0.495 e. The first-order valence-electron chi connectivity index (χ1n) is 7.23. The topological polar surface area (TPSA) is 31.4 Å². The molecule has 0 aliphatic carbocycles. The molecular weight excluding hydrogens is 303 g/mol. The van der Waals surface area contributed by atoms with Gasteiger partial charge in [0.05, 0.1) is 27.4 Å². The Balaban J connectivity index is 2.08. The van der Waals surface area contributed by atoms with Crippen molar-refractivity contribution in [1.29, 1.82) is 0 Å². The van der Waals surface area contributed by atoms with Crippen molar-refractivity contribution in [2.75, 3.05) is 0 Å². The van der Waals surface area contributed by atoms with E-state index in [-0.39, 0.29) is 5.82 Å². The molecule has 2 heterocycles. The number of aryl methyl sites for hydroxylation is 1. The van der Waals surface area contributed by atoms with Gasteiger partial charge in [-0.1, -0.05) is 11.6 Å². The molecule has 0 radical (unpaired) electrons. The van der Waals surface area contributed by atoms with Crippen molar-refractivity contribution in [3.05, 3.63) is 34.7 Å². The third-order valence-corrected chi connectivity index (χ3v) is 4.94. The molecule has 1 aromatic heterocycles. The molecule has 0 atom stereocenters. The van der Waals surface area contributed by atoms with Crippen LogP contribution in [0.3, 0.4) is 0 Å². The Bertz CT molecular complexity index is 747. The highest BCUT2D eigenvalue weighted by Crippen LogP contribution is 2.36. The minimum atomic E-state index is -0.610. The fourth-order valence-corrected chi connectivity index (χ4v) is 2.59. The van der Waals surface area contributed by atoms with E-state index in [9.17, 15) is 4.39 Å². The molecule has 1 fully saturated rings. The van der Waals surface area contributed by atoms with Crippen molar-refractivity contribution in [1.82, 2.24) is 4.98 Å². The van der Waals surface area contributed by atoms with Crippen LogP contribution in [-0.2, 0) is 9.31 Å². The summed E-state index contributed by atoms with van der Waals surface area (Å²) in [4.78, 5) is 4.36. The number of fused-ring (bicyclic) bond motifs is 1. The number of halogens is 2. The van der Waals surface area contributed by atoms with Crippen molar-refractivity contribution < 1.29 is 13.7 Å². The van der Waals surface area contributed by atoms with E-state index in [1.165, 1.54) is 6.07 Å². The summed E-state index contributed by atoms with van der Waals surface area (Å²) < 4.78 is 26.3. The van der Waals surface area contributed by atoms with E-state index in [4.69, 9.17) is 20.9 Å². The second-order valence-electron chi connectivity index (χ2n) is 6.71. The van der Waals surface area contributed by atoms with E-state index in [0.29, 0.717) is 27.1 Å². The molecule has 22 heavy (non-hydrogen) atoms. The molecule has 0 spiro atoms. The number of rotatable bonds is 1. The molecule has 3 rings (SSSR count). The smallest absolute Gasteiger partial charge is 0.399 e. The van der Waals surface area contributed by atoms with E-state index in [1.54, 1.807) is 19.1 Å². The molecule has 0 saturated carbocycles. The Morgan fingerprint density at radius 2 is 1.68 bits per heavy atom. The monoisotopic (exact) mass is 321 g/mol. The first-order chi connectivity index (χ1) is 10.1. The van der Waals surface area contributed by atoms with Gasteiger partial charge in [-0.2, -0.15) is 0 Å². The van der Waals surface area contributed by atoms with Crippen LogP contribution < -0.4 is 5.46 Å². The van der Waals surface area contributed by atoms with Crippen LogP contribution in [0.2, 0.25) is 5.02 Å². The lowest BCUT2D eigenvalue weighted by atomic mass is 9.78. The van der Waals surface area contributed by atoms with Gasteiger partial charge in [0.15, 0.2) is 0 Å². The van der Waals surface area contributed by atoms with Crippen LogP contribution in [0.15, 0.2) is 18.2 Å². The fourth-order valence-electron chi connectivity index (χ4n) is 2.44. The average molecular weight is 322 g/mol. The summed E-state index contributed by atoms with van der Waals surface area (Å²) in [6, 6.07) is 4.82. The van der Waals surface area contributed by atoms with Crippen LogP contribution in [0, 0.1) is 12.7 Å². The number of aromatic nitrogens is 1. The summed E-state index contributed by atoms with van der Waals surface area (Å²) >= 11 is 6.02. The van der Waals surface area contributed by atoms with E-state index in [0.717, 1.165) is 0 Å². The molecule has 116 valence electrons. The van der Waals surface area contributed by atoms with Gasteiger partial charge in [0.25, 0.3) is 0 Å². The van der Waals surface area contributed by atoms with Crippen molar-refractivity contribution in [2.24, 2.45) is 0 Å². The number of hydrogen-bond acceptors (Lipinski definition) is 3. The van der Waals surface area contributed by atoms with Gasteiger partial charge in [0.2, 0.25) is 0 Å². The maximum absolute atomic E-state index is 14.4. The first kappa shape index (κ1) is 15.7. The molecule has 1 aliphatic rings. The zero-order valence-corrected chi connectivity index (χ0v) is 14.1. The summed E-state index contributed by atoms with van der Waals surface area (Å²) in [7, 11) is -0.610. The molecule has 2 aromatic rings. The molecule has 1 aliphatic heterocycles. The van der Waals surface area contributed by atoms with Gasteiger partial charge in [-0.05, 0) is 58.3 Å². The Hall–Kier alpha value is -1.17. The zero-order valence-electron chi connectivity index (χ0n) is 13.3. The summed E-state index contributed by atoms with van der Waals surface area (Å²) in [5.74, 6) is -0.378. The van der Waals surface area contributed by atoms with Crippen LogP contribution >= 0.6 is 11.6 Å². The first-order valence-corrected chi connectivity index (χ1v) is 7.60. The van der Waals surface area contributed by atoms with Crippen LogP contribution in [0.1, 0.15) is 33.4 Å². The van der Waals surface area contributed by atoms with E-state index >= 15 is 0 Å². The Morgan fingerprint density at radius 3 is 2.27 bits per heavy atom. The second kappa shape index (κ2) is 4.92.